The van der Waals surface area contributed by atoms with Crippen LogP contribution in [0, 0.1) is 0 Å². The van der Waals surface area contributed by atoms with Crippen molar-refractivity contribution in [2.24, 2.45) is 5.73 Å². The molecule has 0 amide bonds. The first-order chi connectivity index (χ1) is 6.06. The Labute approximate surface area is 74.6 Å². The van der Waals surface area contributed by atoms with Gasteiger partial charge in [-0.05, 0) is 6.42 Å². The Kier molecular flexibility index (Phi) is 2.84. The van der Waals surface area contributed by atoms with E-state index in [4.69, 9.17) is 5.73 Å². The molecule has 0 aliphatic carbocycles. The van der Waals surface area contributed by atoms with E-state index in [1.165, 1.54) is 0 Å². The molecule has 1 fully saturated rings. The van der Waals surface area contributed by atoms with Crippen molar-refractivity contribution in [3.63, 3.8) is 0 Å². The first-order valence-corrected chi connectivity index (χ1v) is 3.92. The number of aliphatic hydroxyl groups is 1. The van der Waals surface area contributed by atoms with Crippen LogP contribution in [-0.2, 0) is 19.1 Å². The van der Waals surface area contributed by atoms with Gasteiger partial charge in [-0.25, -0.2) is 0 Å². The standard InChI is InChI=1S/C7H11NO5/c8-4-7(11)12-5(9)2-1-3-6(10)13-7/h11H,1-4,8H2. The summed E-state index contributed by atoms with van der Waals surface area (Å²) >= 11 is 0. The lowest BCUT2D eigenvalue weighted by atomic mass is 10.2. The van der Waals surface area contributed by atoms with Crippen molar-refractivity contribution in [3.8, 4) is 0 Å². The molecule has 1 saturated heterocycles. The summed E-state index contributed by atoms with van der Waals surface area (Å²) in [5.41, 5.74) is 5.08. The lowest BCUT2D eigenvalue weighted by Crippen LogP contribution is -2.47. The van der Waals surface area contributed by atoms with Gasteiger partial charge in [-0.1, -0.05) is 0 Å². The molecule has 3 N–H and O–H groups in total. The van der Waals surface area contributed by atoms with Crippen LogP contribution in [0.15, 0.2) is 0 Å². The minimum Gasteiger partial charge on any atom is -0.397 e. The fourth-order valence-corrected chi connectivity index (χ4v) is 0.939. The van der Waals surface area contributed by atoms with Crippen molar-refractivity contribution in [2.75, 3.05) is 6.54 Å². The smallest absolute Gasteiger partial charge is 0.386 e. The van der Waals surface area contributed by atoms with Crippen LogP contribution < -0.4 is 5.73 Å². The van der Waals surface area contributed by atoms with Crippen molar-refractivity contribution in [3.05, 3.63) is 0 Å². The third-order valence-electron chi connectivity index (χ3n) is 1.57. The summed E-state index contributed by atoms with van der Waals surface area (Å²) in [6.07, 6.45) is 0.521. The SMILES string of the molecule is NCC1(O)OC(=O)CCCC(=O)O1. The topological polar surface area (TPSA) is 98.9 Å². The molecule has 1 heterocycles. The zero-order chi connectivity index (χ0) is 9.90. The third kappa shape index (κ3) is 2.67. The lowest BCUT2D eigenvalue weighted by molar-refractivity contribution is -0.320. The Morgan fingerprint density at radius 3 is 2.15 bits per heavy atom. The van der Waals surface area contributed by atoms with E-state index in [1.807, 2.05) is 0 Å². The molecule has 0 spiro atoms. The number of hydrogen-bond acceptors (Lipinski definition) is 6. The highest BCUT2D eigenvalue weighted by Gasteiger charge is 2.36. The highest BCUT2D eigenvalue weighted by molar-refractivity contribution is 5.74. The van der Waals surface area contributed by atoms with E-state index in [0.717, 1.165) is 0 Å². The van der Waals surface area contributed by atoms with Crippen molar-refractivity contribution in [1.82, 2.24) is 0 Å². The molecular weight excluding hydrogens is 178 g/mol. The van der Waals surface area contributed by atoms with E-state index in [0.29, 0.717) is 6.42 Å². The Hall–Kier alpha value is -1.14. The average molecular weight is 189 g/mol. The Morgan fingerprint density at radius 1 is 1.31 bits per heavy atom. The minimum atomic E-state index is -2.28. The molecule has 0 radical (unpaired) electrons. The van der Waals surface area contributed by atoms with Gasteiger partial charge in [-0.3, -0.25) is 9.59 Å². The van der Waals surface area contributed by atoms with Crippen LogP contribution in [0.1, 0.15) is 19.3 Å². The van der Waals surface area contributed by atoms with Crippen LogP contribution in [0.25, 0.3) is 0 Å². The highest BCUT2D eigenvalue weighted by atomic mass is 16.8. The second-order valence-electron chi connectivity index (χ2n) is 2.72. The van der Waals surface area contributed by atoms with Crippen LogP contribution >= 0.6 is 0 Å². The fourth-order valence-electron chi connectivity index (χ4n) is 0.939. The molecular formula is C7H11NO5. The third-order valence-corrected chi connectivity index (χ3v) is 1.57. The molecule has 6 nitrogen and oxygen atoms in total. The molecule has 1 aliphatic heterocycles. The predicted molar refractivity (Wildman–Crippen MR) is 40.0 cm³/mol. The van der Waals surface area contributed by atoms with Gasteiger partial charge < -0.3 is 20.3 Å². The van der Waals surface area contributed by atoms with Crippen LogP contribution in [0.5, 0.6) is 0 Å². The molecule has 1 rings (SSSR count). The van der Waals surface area contributed by atoms with E-state index in [9.17, 15) is 14.7 Å². The predicted octanol–water partition coefficient (Wildman–Crippen LogP) is -1.14. The molecule has 74 valence electrons. The largest absolute Gasteiger partial charge is 0.397 e. The van der Waals surface area contributed by atoms with Gasteiger partial charge in [0.15, 0.2) is 0 Å². The van der Waals surface area contributed by atoms with Crippen LogP contribution in [0.4, 0.5) is 0 Å². The van der Waals surface area contributed by atoms with Gasteiger partial charge in [0.2, 0.25) is 0 Å². The fraction of sp³-hybridized carbons (Fsp3) is 0.714. The zero-order valence-corrected chi connectivity index (χ0v) is 6.99. The maximum atomic E-state index is 10.9. The monoisotopic (exact) mass is 189 g/mol. The number of hydrogen-bond donors (Lipinski definition) is 2. The van der Waals surface area contributed by atoms with E-state index in [2.05, 4.69) is 9.47 Å². The molecule has 13 heavy (non-hydrogen) atoms. The molecule has 0 aromatic heterocycles. The van der Waals surface area contributed by atoms with E-state index in [1.54, 1.807) is 0 Å². The molecule has 0 saturated carbocycles. The second-order valence-corrected chi connectivity index (χ2v) is 2.72. The summed E-state index contributed by atoms with van der Waals surface area (Å²) in [6, 6.07) is 0. The summed E-state index contributed by atoms with van der Waals surface area (Å²) in [4.78, 5) is 21.8. The average Bonchev–Trinajstić information content (AvgIpc) is 2.01. The Morgan fingerprint density at radius 2 is 1.77 bits per heavy atom. The molecule has 0 unspecified atom stereocenters. The number of rotatable bonds is 1. The molecule has 0 aromatic rings. The summed E-state index contributed by atoms with van der Waals surface area (Å²) in [5, 5.41) is 9.31. The highest BCUT2D eigenvalue weighted by Crippen LogP contribution is 2.15. The molecule has 1 aliphatic rings. The van der Waals surface area contributed by atoms with E-state index in [-0.39, 0.29) is 12.8 Å². The number of carbonyl (C=O) groups is 2. The molecule has 0 atom stereocenters. The number of cyclic esters (lactones) is 2. The number of esters is 2. The normalized spacial score (nSPS) is 22.6. The van der Waals surface area contributed by atoms with Crippen LogP contribution in [0.3, 0.4) is 0 Å². The molecule has 0 aromatic carbocycles. The summed E-state index contributed by atoms with van der Waals surface area (Å²) in [6.45, 7) is -0.468. The van der Waals surface area contributed by atoms with Gasteiger partial charge in [0.1, 0.15) is 6.54 Å². The van der Waals surface area contributed by atoms with Gasteiger partial charge in [-0.2, -0.15) is 0 Å². The maximum Gasteiger partial charge on any atom is 0.386 e. The molecule has 6 heteroatoms. The quantitative estimate of drug-likeness (QED) is 0.506. The first kappa shape index (κ1) is 9.94. The van der Waals surface area contributed by atoms with E-state index < -0.39 is 24.5 Å². The number of ether oxygens (including phenoxy) is 2. The maximum absolute atomic E-state index is 10.9. The van der Waals surface area contributed by atoms with Crippen molar-refractivity contribution >= 4 is 11.9 Å². The van der Waals surface area contributed by atoms with Gasteiger partial charge in [0, 0.05) is 12.8 Å². The number of carbonyl (C=O) groups excluding carboxylic acids is 2. The molecule has 0 bridgehead atoms. The van der Waals surface area contributed by atoms with Gasteiger partial charge in [0.25, 0.3) is 0 Å². The Bertz CT molecular complexity index is 209. The second kappa shape index (κ2) is 3.71. The summed E-state index contributed by atoms with van der Waals surface area (Å²) < 4.78 is 8.89. The van der Waals surface area contributed by atoms with Gasteiger partial charge in [0.05, 0.1) is 0 Å². The van der Waals surface area contributed by atoms with Gasteiger partial charge >= 0.3 is 17.9 Å². The van der Waals surface area contributed by atoms with Crippen molar-refractivity contribution in [1.29, 1.82) is 0 Å². The van der Waals surface area contributed by atoms with Crippen molar-refractivity contribution < 1.29 is 24.2 Å². The minimum absolute atomic E-state index is 0.0808. The van der Waals surface area contributed by atoms with Gasteiger partial charge in [-0.15, -0.1) is 0 Å². The lowest BCUT2D eigenvalue weighted by Gasteiger charge is -2.26. The summed E-state index contributed by atoms with van der Waals surface area (Å²) in [7, 11) is 0. The number of nitrogens with two attached hydrogens (primary N) is 1. The van der Waals surface area contributed by atoms with Crippen LogP contribution in [-0.4, -0.2) is 29.6 Å². The van der Waals surface area contributed by atoms with E-state index >= 15 is 0 Å². The summed E-state index contributed by atoms with van der Waals surface area (Å²) in [5.74, 6) is -3.53. The zero-order valence-electron chi connectivity index (χ0n) is 6.99. The van der Waals surface area contributed by atoms with Crippen molar-refractivity contribution in [2.45, 2.75) is 25.2 Å². The van der Waals surface area contributed by atoms with Crippen LogP contribution in [0.2, 0.25) is 0 Å². The Balaban J connectivity index is 2.69. The first-order valence-electron chi connectivity index (χ1n) is 3.92.